The molecule has 0 spiro atoms. The summed E-state index contributed by atoms with van der Waals surface area (Å²) in [4.78, 5) is 0. The molecule has 1 aliphatic rings. The molecule has 1 saturated heterocycles. The summed E-state index contributed by atoms with van der Waals surface area (Å²) in [7, 11) is 0. The summed E-state index contributed by atoms with van der Waals surface area (Å²) in [5.74, 6) is 0. The molecule has 0 bridgehead atoms. The van der Waals surface area contributed by atoms with Gasteiger partial charge in [0.15, 0.2) is 0 Å². The molecule has 0 amide bonds. The zero-order valence-electron chi connectivity index (χ0n) is 8.22. The van der Waals surface area contributed by atoms with Crippen LogP contribution in [0.5, 0.6) is 0 Å². The van der Waals surface area contributed by atoms with Crippen molar-refractivity contribution in [3.63, 3.8) is 0 Å². The van der Waals surface area contributed by atoms with Crippen LogP contribution in [0.25, 0.3) is 0 Å². The Labute approximate surface area is 86.3 Å². The highest BCUT2D eigenvalue weighted by Gasteiger charge is 2.36. The van der Waals surface area contributed by atoms with Crippen molar-refractivity contribution in [3.05, 3.63) is 35.4 Å². The van der Waals surface area contributed by atoms with E-state index in [2.05, 4.69) is 0 Å². The number of benzene rings is 1. The molecule has 15 heavy (non-hydrogen) atoms. The van der Waals surface area contributed by atoms with Gasteiger partial charge in [-0.2, -0.15) is 13.2 Å². The molecule has 1 aromatic rings. The Kier molecular flexibility index (Phi) is 2.69. The van der Waals surface area contributed by atoms with Crippen molar-refractivity contribution in [3.8, 4) is 0 Å². The quantitative estimate of drug-likeness (QED) is 0.740. The van der Waals surface area contributed by atoms with E-state index in [1.165, 1.54) is 12.1 Å². The molecule has 2 rings (SSSR count). The maximum atomic E-state index is 12.7. The highest BCUT2D eigenvalue weighted by Crippen LogP contribution is 2.35. The van der Waals surface area contributed by atoms with Gasteiger partial charge in [-0.05, 0) is 6.07 Å². The average Bonchev–Trinajstić information content (AvgIpc) is 2.69. The fourth-order valence-electron chi connectivity index (χ4n) is 2.14. The molecule has 0 radical (unpaired) electrons. The van der Waals surface area contributed by atoms with E-state index >= 15 is 0 Å². The third kappa shape index (κ3) is 2.15. The first-order chi connectivity index (χ1) is 7.09. The summed E-state index contributed by atoms with van der Waals surface area (Å²) in [5, 5.41) is 1.99. The molecule has 1 nitrogen and oxygen atoms in total. The van der Waals surface area contributed by atoms with E-state index < -0.39 is 11.7 Å². The van der Waals surface area contributed by atoms with Gasteiger partial charge < -0.3 is 5.32 Å². The van der Waals surface area contributed by atoms with Crippen LogP contribution in [0.15, 0.2) is 24.3 Å². The van der Waals surface area contributed by atoms with Crippen LogP contribution in [-0.2, 0) is 6.18 Å². The highest BCUT2D eigenvalue weighted by molar-refractivity contribution is 5.31. The normalized spacial score (nSPS) is 21.9. The van der Waals surface area contributed by atoms with Crippen molar-refractivity contribution in [2.45, 2.75) is 25.1 Å². The van der Waals surface area contributed by atoms with Crippen LogP contribution >= 0.6 is 0 Å². The summed E-state index contributed by atoms with van der Waals surface area (Å²) in [6, 6.07) is 5.87. The van der Waals surface area contributed by atoms with Gasteiger partial charge in [-0.25, -0.2) is 0 Å². The second-order valence-electron chi connectivity index (χ2n) is 3.86. The molecule has 0 aliphatic carbocycles. The average molecular weight is 216 g/mol. The maximum Gasteiger partial charge on any atom is 0.416 e. The Morgan fingerprint density at radius 3 is 2.53 bits per heavy atom. The predicted molar refractivity (Wildman–Crippen MR) is 50.2 cm³/mol. The number of alkyl halides is 3. The topological polar surface area (TPSA) is 16.6 Å². The standard InChI is InChI=1S/C11H12F3N/c12-11(13,14)9-5-2-1-4-8(9)10-6-3-7-15-10/h1-2,4-5,10,15H,3,6-7H2/p+1/t10-/m1/s1. The summed E-state index contributed by atoms with van der Waals surface area (Å²) in [6.45, 7) is 0.927. The van der Waals surface area contributed by atoms with E-state index in [-0.39, 0.29) is 6.04 Å². The SMILES string of the molecule is FC(F)(F)c1ccccc1[C@H]1CCC[NH2+]1. The van der Waals surface area contributed by atoms with Crippen LogP contribution in [0, 0.1) is 0 Å². The Morgan fingerprint density at radius 1 is 1.20 bits per heavy atom. The molecular weight excluding hydrogens is 203 g/mol. The molecule has 1 atom stereocenters. The van der Waals surface area contributed by atoms with Crippen LogP contribution in [0.3, 0.4) is 0 Å². The van der Waals surface area contributed by atoms with Crippen LogP contribution in [-0.4, -0.2) is 6.54 Å². The van der Waals surface area contributed by atoms with Gasteiger partial charge in [-0.1, -0.05) is 18.2 Å². The van der Waals surface area contributed by atoms with Gasteiger partial charge >= 0.3 is 6.18 Å². The van der Waals surface area contributed by atoms with Crippen molar-refractivity contribution in [2.75, 3.05) is 6.54 Å². The Morgan fingerprint density at radius 2 is 1.93 bits per heavy atom. The maximum absolute atomic E-state index is 12.7. The third-order valence-electron chi connectivity index (χ3n) is 2.84. The van der Waals surface area contributed by atoms with Crippen molar-refractivity contribution < 1.29 is 18.5 Å². The summed E-state index contributed by atoms with van der Waals surface area (Å²) in [5.41, 5.74) is -0.0457. The molecule has 0 unspecified atom stereocenters. The van der Waals surface area contributed by atoms with Gasteiger partial charge in [-0.15, -0.1) is 0 Å². The predicted octanol–water partition coefficient (Wildman–Crippen LogP) is 2.10. The second-order valence-corrected chi connectivity index (χ2v) is 3.86. The molecule has 82 valence electrons. The molecular formula is C11H13F3N+. The first-order valence-corrected chi connectivity index (χ1v) is 5.08. The second kappa shape index (κ2) is 3.85. The van der Waals surface area contributed by atoms with E-state index in [9.17, 15) is 13.2 Å². The fraction of sp³-hybridized carbons (Fsp3) is 0.455. The largest absolute Gasteiger partial charge is 0.416 e. The van der Waals surface area contributed by atoms with Gasteiger partial charge in [0.1, 0.15) is 6.04 Å². The first-order valence-electron chi connectivity index (χ1n) is 5.08. The Balaban J connectivity index is 2.37. The van der Waals surface area contributed by atoms with Crippen LogP contribution in [0.2, 0.25) is 0 Å². The van der Waals surface area contributed by atoms with Crippen LogP contribution in [0.1, 0.15) is 30.0 Å². The number of nitrogens with two attached hydrogens (primary N) is 1. The molecule has 2 N–H and O–H groups in total. The lowest BCUT2D eigenvalue weighted by molar-refractivity contribution is -0.676. The van der Waals surface area contributed by atoms with Crippen molar-refractivity contribution in [1.29, 1.82) is 0 Å². The van der Waals surface area contributed by atoms with Crippen molar-refractivity contribution in [2.24, 2.45) is 0 Å². The lowest BCUT2D eigenvalue weighted by Gasteiger charge is -2.15. The van der Waals surface area contributed by atoms with E-state index in [1.807, 2.05) is 5.32 Å². The zero-order chi connectivity index (χ0) is 10.9. The van der Waals surface area contributed by atoms with E-state index in [0.717, 1.165) is 19.4 Å². The van der Waals surface area contributed by atoms with Crippen molar-refractivity contribution in [1.82, 2.24) is 0 Å². The van der Waals surface area contributed by atoms with Gasteiger partial charge in [0, 0.05) is 18.4 Å². The minimum absolute atomic E-state index is 0.0113. The van der Waals surface area contributed by atoms with E-state index in [1.54, 1.807) is 12.1 Å². The summed E-state index contributed by atoms with van der Waals surface area (Å²) >= 11 is 0. The smallest absolute Gasteiger partial charge is 0.340 e. The van der Waals surface area contributed by atoms with E-state index in [4.69, 9.17) is 0 Å². The monoisotopic (exact) mass is 216 g/mol. The lowest BCUT2D eigenvalue weighted by atomic mass is 9.99. The summed E-state index contributed by atoms with van der Waals surface area (Å²) < 4.78 is 38.1. The first kappa shape index (κ1) is 10.5. The van der Waals surface area contributed by atoms with Gasteiger partial charge in [0.25, 0.3) is 0 Å². The molecule has 1 aliphatic heterocycles. The minimum atomic E-state index is -4.23. The fourth-order valence-corrected chi connectivity index (χ4v) is 2.14. The lowest BCUT2D eigenvalue weighted by Crippen LogP contribution is -2.81. The molecule has 1 heterocycles. The van der Waals surface area contributed by atoms with Crippen molar-refractivity contribution >= 4 is 0 Å². The van der Waals surface area contributed by atoms with Gasteiger partial charge in [0.05, 0.1) is 12.1 Å². The van der Waals surface area contributed by atoms with Crippen LogP contribution in [0.4, 0.5) is 13.2 Å². The molecule has 1 aromatic carbocycles. The molecule has 1 fully saturated rings. The number of hydrogen-bond donors (Lipinski definition) is 1. The van der Waals surface area contributed by atoms with E-state index in [0.29, 0.717) is 5.56 Å². The number of rotatable bonds is 1. The highest BCUT2D eigenvalue weighted by atomic mass is 19.4. The summed E-state index contributed by atoms with van der Waals surface area (Å²) in [6.07, 6.45) is -2.39. The molecule has 0 saturated carbocycles. The molecule has 4 heteroatoms. The number of hydrogen-bond acceptors (Lipinski definition) is 0. The third-order valence-corrected chi connectivity index (χ3v) is 2.84. The van der Waals surface area contributed by atoms with Gasteiger partial charge in [0.2, 0.25) is 0 Å². The molecule has 0 aromatic heterocycles. The minimum Gasteiger partial charge on any atom is -0.340 e. The van der Waals surface area contributed by atoms with Gasteiger partial charge in [-0.3, -0.25) is 0 Å². The Bertz CT molecular complexity index is 340. The number of quaternary nitrogens is 1. The number of halogens is 3. The Hall–Kier alpha value is -1.03. The van der Waals surface area contributed by atoms with Crippen LogP contribution < -0.4 is 5.32 Å². The zero-order valence-corrected chi connectivity index (χ0v) is 8.22.